The number of halogens is 1. The van der Waals surface area contributed by atoms with E-state index < -0.39 is 30.2 Å². The van der Waals surface area contributed by atoms with Gasteiger partial charge >= 0.3 is 6.03 Å². The van der Waals surface area contributed by atoms with E-state index in [1.165, 1.54) is 21.9 Å². The Bertz CT molecular complexity index is 1300. The predicted molar refractivity (Wildman–Crippen MR) is 155 cm³/mol. The number of aliphatic hydroxyl groups excluding tert-OH is 1. The molecule has 1 fully saturated rings. The van der Waals surface area contributed by atoms with E-state index in [9.17, 15) is 29.0 Å². The first kappa shape index (κ1) is 30.7. The maximum absolute atomic E-state index is 14.7. The Labute approximate surface area is 244 Å². The Kier molecular flexibility index (Phi) is 10.7. The molecule has 2 aromatic rings. The second-order valence-electron chi connectivity index (χ2n) is 10.6. The lowest BCUT2D eigenvalue weighted by Gasteiger charge is -2.46. The number of phenols is 1. The summed E-state index contributed by atoms with van der Waals surface area (Å²) < 4.78 is 14.7. The van der Waals surface area contributed by atoms with Gasteiger partial charge in [0, 0.05) is 31.3 Å². The summed E-state index contributed by atoms with van der Waals surface area (Å²) >= 11 is 0. The van der Waals surface area contributed by atoms with Crippen LogP contribution in [0.2, 0.25) is 0 Å². The summed E-state index contributed by atoms with van der Waals surface area (Å²) in [5.41, 5.74) is 2.02. The molecule has 1 aliphatic carbocycles. The van der Waals surface area contributed by atoms with Gasteiger partial charge in [-0.05, 0) is 37.3 Å². The summed E-state index contributed by atoms with van der Waals surface area (Å²) in [5, 5.41) is 28.3. The van der Waals surface area contributed by atoms with Crippen LogP contribution in [-0.4, -0.2) is 75.8 Å². The Balaban J connectivity index is 1.62. The summed E-state index contributed by atoms with van der Waals surface area (Å²) in [4.78, 5) is 43.5. The molecule has 1 heterocycles. The molecule has 4 rings (SSSR count). The average molecular weight is 580 g/mol. The first-order valence-electron chi connectivity index (χ1n) is 14.1. The number of hydrogen-bond acceptors (Lipinski definition) is 6. The van der Waals surface area contributed by atoms with Gasteiger partial charge in [-0.2, -0.15) is 0 Å². The quantitative estimate of drug-likeness (QED) is 0.205. The van der Waals surface area contributed by atoms with E-state index in [2.05, 4.69) is 22.5 Å². The normalized spacial score (nSPS) is 20.6. The van der Waals surface area contributed by atoms with Gasteiger partial charge in [-0.25, -0.2) is 9.18 Å². The standard InChI is InChI=1S/C31H38FN5O5/c1-2-14-33-18-29(40)37-27(15-21-8-11-24(38)12-9-21)30(41)36(19-23-10-13-25(39)16-26(23)32)20-28(37)35-31(42)34-17-22-6-4-3-5-7-22/h2-8,10,13,16,24,27-28,33,38-39H,1,9,11-12,14-15,17-20H2,(H2,34,35,42)/t24?,27-,28?/m0/s1. The van der Waals surface area contributed by atoms with E-state index in [-0.39, 0.29) is 55.7 Å². The molecule has 2 aliphatic rings. The lowest BCUT2D eigenvalue weighted by atomic mass is 9.90. The highest BCUT2D eigenvalue weighted by molar-refractivity contribution is 5.91. The van der Waals surface area contributed by atoms with E-state index in [1.54, 1.807) is 6.08 Å². The number of amides is 4. The highest BCUT2D eigenvalue weighted by Crippen LogP contribution is 2.29. The first-order valence-corrected chi connectivity index (χ1v) is 14.1. The second-order valence-corrected chi connectivity index (χ2v) is 10.6. The van der Waals surface area contributed by atoms with Crippen molar-refractivity contribution >= 4 is 17.8 Å². The van der Waals surface area contributed by atoms with Crippen molar-refractivity contribution in [2.24, 2.45) is 0 Å². The number of hydrogen-bond donors (Lipinski definition) is 5. The van der Waals surface area contributed by atoms with Crippen LogP contribution >= 0.6 is 0 Å². The van der Waals surface area contributed by atoms with Crippen LogP contribution in [0.3, 0.4) is 0 Å². The van der Waals surface area contributed by atoms with Crippen LogP contribution in [-0.2, 0) is 22.7 Å². The van der Waals surface area contributed by atoms with Crippen LogP contribution in [0.5, 0.6) is 5.75 Å². The second kappa shape index (κ2) is 14.6. The minimum atomic E-state index is -0.960. The number of urea groups is 1. The number of rotatable bonds is 11. The molecule has 42 heavy (non-hydrogen) atoms. The van der Waals surface area contributed by atoms with Crippen molar-refractivity contribution in [2.45, 2.75) is 57.1 Å². The highest BCUT2D eigenvalue weighted by atomic mass is 19.1. The average Bonchev–Trinajstić information content (AvgIpc) is 2.97. The Morgan fingerprint density at radius 1 is 1.17 bits per heavy atom. The summed E-state index contributed by atoms with van der Waals surface area (Å²) in [6.45, 7) is 4.03. The van der Waals surface area contributed by atoms with Gasteiger partial charge in [0.1, 0.15) is 23.8 Å². The summed E-state index contributed by atoms with van der Waals surface area (Å²) in [6.07, 6.45) is 3.95. The molecule has 1 saturated heterocycles. The van der Waals surface area contributed by atoms with Crippen LogP contribution in [0, 0.1) is 5.82 Å². The minimum Gasteiger partial charge on any atom is -0.508 e. The minimum absolute atomic E-state index is 0.0701. The van der Waals surface area contributed by atoms with Crippen LogP contribution in [0.4, 0.5) is 9.18 Å². The fraction of sp³-hybridized carbons (Fsp3) is 0.387. The van der Waals surface area contributed by atoms with Crippen molar-refractivity contribution in [3.8, 4) is 5.75 Å². The van der Waals surface area contributed by atoms with Crippen molar-refractivity contribution in [3.63, 3.8) is 0 Å². The topological polar surface area (TPSA) is 134 Å². The third-order valence-corrected chi connectivity index (χ3v) is 7.44. The third kappa shape index (κ3) is 8.17. The maximum atomic E-state index is 14.7. The fourth-order valence-corrected chi connectivity index (χ4v) is 5.26. The number of benzene rings is 2. The summed E-state index contributed by atoms with van der Waals surface area (Å²) in [7, 11) is 0. The molecule has 5 N–H and O–H groups in total. The molecule has 11 heteroatoms. The van der Waals surface area contributed by atoms with Crippen LogP contribution in [0.1, 0.15) is 36.8 Å². The van der Waals surface area contributed by atoms with Crippen molar-refractivity contribution in [3.05, 3.63) is 89.8 Å². The van der Waals surface area contributed by atoms with Gasteiger partial charge in [-0.15, -0.1) is 6.58 Å². The molecule has 2 unspecified atom stereocenters. The largest absolute Gasteiger partial charge is 0.508 e. The zero-order chi connectivity index (χ0) is 30.1. The number of aliphatic hydroxyl groups is 1. The molecule has 10 nitrogen and oxygen atoms in total. The van der Waals surface area contributed by atoms with E-state index in [0.29, 0.717) is 25.8 Å². The molecular weight excluding hydrogens is 541 g/mol. The SMILES string of the molecule is C=CCNCC(=O)N1C(NC(=O)NCc2ccccc2)CN(Cc2ccc(O)cc2F)C(=O)[C@@H]1CC1=CCC(O)CC1. The van der Waals surface area contributed by atoms with Gasteiger partial charge in [-0.3, -0.25) is 9.59 Å². The molecule has 4 amide bonds. The zero-order valence-corrected chi connectivity index (χ0v) is 23.5. The third-order valence-electron chi connectivity index (χ3n) is 7.44. The van der Waals surface area contributed by atoms with Gasteiger partial charge in [0.2, 0.25) is 11.8 Å². The molecule has 224 valence electrons. The van der Waals surface area contributed by atoms with Gasteiger partial charge in [0.25, 0.3) is 0 Å². The summed E-state index contributed by atoms with van der Waals surface area (Å²) in [5.74, 6) is -1.66. The lowest BCUT2D eigenvalue weighted by molar-refractivity contribution is -0.157. The fourth-order valence-electron chi connectivity index (χ4n) is 5.26. The molecule has 1 aliphatic heterocycles. The molecule has 0 spiro atoms. The monoisotopic (exact) mass is 579 g/mol. The number of carbonyl (C=O) groups excluding carboxylic acids is 3. The number of phenolic OH excluding ortho intramolecular Hbond substituents is 1. The van der Waals surface area contributed by atoms with Crippen LogP contribution in [0.25, 0.3) is 0 Å². The van der Waals surface area contributed by atoms with Gasteiger partial charge in [-0.1, -0.05) is 54.1 Å². The maximum Gasteiger partial charge on any atom is 0.316 e. The van der Waals surface area contributed by atoms with E-state index in [1.807, 2.05) is 36.4 Å². The van der Waals surface area contributed by atoms with E-state index in [0.717, 1.165) is 17.2 Å². The predicted octanol–water partition coefficient (Wildman–Crippen LogP) is 2.53. The van der Waals surface area contributed by atoms with Crippen molar-refractivity contribution in [1.82, 2.24) is 25.8 Å². The Hall–Kier alpha value is -4.22. The van der Waals surface area contributed by atoms with Gasteiger partial charge in [0.15, 0.2) is 0 Å². The molecule has 3 atom stereocenters. The molecule has 0 saturated carbocycles. The number of nitrogens with one attached hydrogen (secondary N) is 3. The lowest BCUT2D eigenvalue weighted by Crippen LogP contribution is -2.69. The number of nitrogens with zero attached hydrogens (tertiary/aromatic N) is 2. The molecule has 2 aromatic carbocycles. The van der Waals surface area contributed by atoms with Gasteiger partial charge in [0.05, 0.1) is 19.2 Å². The van der Waals surface area contributed by atoms with Crippen molar-refractivity contribution < 1.29 is 29.0 Å². The van der Waals surface area contributed by atoms with Crippen LogP contribution < -0.4 is 16.0 Å². The summed E-state index contributed by atoms with van der Waals surface area (Å²) in [6, 6.07) is 11.6. The van der Waals surface area contributed by atoms with E-state index >= 15 is 0 Å². The van der Waals surface area contributed by atoms with Crippen LogP contribution in [0.15, 0.2) is 72.8 Å². The molecular formula is C31H38FN5O5. The first-order chi connectivity index (χ1) is 20.2. The Morgan fingerprint density at radius 2 is 1.95 bits per heavy atom. The highest BCUT2D eigenvalue weighted by Gasteiger charge is 2.44. The van der Waals surface area contributed by atoms with Crippen molar-refractivity contribution in [2.75, 3.05) is 19.6 Å². The number of carbonyl (C=O) groups is 3. The van der Waals surface area contributed by atoms with E-state index in [4.69, 9.17) is 0 Å². The van der Waals surface area contributed by atoms with Crippen molar-refractivity contribution in [1.29, 1.82) is 0 Å². The molecule has 0 aromatic heterocycles. The number of aromatic hydroxyl groups is 1. The molecule has 0 bridgehead atoms. The Morgan fingerprint density at radius 3 is 2.64 bits per heavy atom. The van der Waals surface area contributed by atoms with Gasteiger partial charge < -0.3 is 36.0 Å². The molecule has 0 radical (unpaired) electrons. The zero-order valence-electron chi connectivity index (χ0n) is 23.5. The smallest absolute Gasteiger partial charge is 0.316 e. The number of piperazine rings is 1.